The summed E-state index contributed by atoms with van der Waals surface area (Å²) in [5.74, 6) is -0.467. The van der Waals surface area contributed by atoms with Gasteiger partial charge in [-0.1, -0.05) is 18.2 Å². The molecule has 7 nitrogen and oxygen atoms in total. The molecule has 25 heavy (non-hydrogen) atoms. The summed E-state index contributed by atoms with van der Waals surface area (Å²) in [4.78, 5) is 25.8. The van der Waals surface area contributed by atoms with Crippen molar-refractivity contribution in [1.29, 1.82) is 0 Å². The van der Waals surface area contributed by atoms with E-state index >= 15 is 0 Å². The number of carbonyl (C=O) groups is 2. The van der Waals surface area contributed by atoms with E-state index in [1.165, 1.54) is 29.2 Å². The Kier molecular flexibility index (Phi) is 4.45. The molecule has 0 radical (unpaired) electrons. The standard InChI is InChI=1S/C17H16N2O5S/c1-25(22,23)13-6-4-5-12(11-13)16(20)18-14-7-2-3-8-15(14)19-9-10-24-17(19)21/h2-8,11H,9-10H2,1H3,(H,18,20). The highest BCUT2D eigenvalue weighted by molar-refractivity contribution is 7.90. The smallest absolute Gasteiger partial charge is 0.414 e. The predicted octanol–water partition coefficient (Wildman–Crippen LogP) is 2.30. The van der Waals surface area contributed by atoms with E-state index in [4.69, 9.17) is 4.74 Å². The third kappa shape index (κ3) is 3.63. The van der Waals surface area contributed by atoms with Crippen molar-refractivity contribution >= 4 is 33.2 Å². The normalized spacial score (nSPS) is 14.3. The van der Waals surface area contributed by atoms with E-state index in [-0.39, 0.29) is 17.1 Å². The number of rotatable bonds is 4. The van der Waals surface area contributed by atoms with Gasteiger partial charge in [0, 0.05) is 11.8 Å². The molecule has 8 heteroatoms. The zero-order chi connectivity index (χ0) is 18.0. The van der Waals surface area contributed by atoms with Crippen LogP contribution < -0.4 is 10.2 Å². The second kappa shape index (κ2) is 6.56. The van der Waals surface area contributed by atoms with Crippen molar-refractivity contribution in [3.8, 4) is 0 Å². The lowest BCUT2D eigenvalue weighted by atomic mass is 10.2. The van der Waals surface area contributed by atoms with Crippen LogP contribution in [0.3, 0.4) is 0 Å². The molecule has 1 N–H and O–H groups in total. The van der Waals surface area contributed by atoms with Gasteiger partial charge in [0.25, 0.3) is 5.91 Å². The van der Waals surface area contributed by atoms with E-state index < -0.39 is 21.8 Å². The summed E-state index contributed by atoms with van der Waals surface area (Å²) in [6.07, 6.45) is 0.610. The van der Waals surface area contributed by atoms with Crippen molar-refractivity contribution < 1.29 is 22.7 Å². The molecule has 1 fully saturated rings. The quantitative estimate of drug-likeness (QED) is 0.903. The Morgan fingerprint density at radius 1 is 1.16 bits per heavy atom. The van der Waals surface area contributed by atoms with Crippen molar-refractivity contribution in [1.82, 2.24) is 0 Å². The zero-order valence-corrected chi connectivity index (χ0v) is 14.2. The Bertz CT molecular complexity index is 940. The molecule has 130 valence electrons. The highest BCUT2D eigenvalue weighted by atomic mass is 32.2. The molecule has 2 aromatic carbocycles. The molecule has 1 saturated heterocycles. The summed E-state index contributed by atoms with van der Waals surface area (Å²) in [6, 6.07) is 12.6. The molecule has 1 aliphatic heterocycles. The summed E-state index contributed by atoms with van der Waals surface area (Å²) in [6.45, 7) is 0.687. The zero-order valence-electron chi connectivity index (χ0n) is 13.4. The van der Waals surface area contributed by atoms with Crippen LogP contribution in [-0.2, 0) is 14.6 Å². The number of nitrogens with one attached hydrogen (secondary N) is 1. The van der Waals surface area contributed by atoms with Gasteiger partial charge in [-0.3, -0.25) is 9.69 Å². The first-order chi connectivity index (χ1) is 11.9. The van der Waals surface area contributed by atoms with E-state index in [9.17, 15) is 18.0 Å². The van der Waals surface area contributed by atoms with Gasteiger partial charge in [-0.2, -0.15) is 0 Å². The second-order valence-electron chi connectivity index (χ2n) is 5.54. The molecule has 0 aliphatic carbocycles. The molecule has 0 saturated carbocycles. The van der Waals surface area contributed by atoms with E-state index in [2.05, 4.69) is 5.32 Å². The first-order valence-electron chi connectivity index (χ1n) is 7.51. The third-order valence-corrected chi connectivity index (χ3v) is 4.84. The van der Waals surface area contributed by atoms with Crippen LogP contribution >= 0.6 is 0 Å². The van der Waals surface area contributed by atoms with Gasteiger partial charge >= 0.3 is 6.09 Å². The molecule has 1 aliphatic rings. The number of para-hydroxylation sites is 2. The molecule has 3 rings (SSSR count). The maximum atomic E-state index is 12.5. The monoisotopic (exact) mass is 360 g/mol. The van der Waals surface area contributed by atoms with Gasteiger partial charge in [0.1, 0.15) is 6.61 Å². The van der Waals surface area contributed by atoms with Crippen LogP contribution in [0.15, 0.2) is 53.4 Å². The topological polar surface area (TPSA) is 92.8 Å². The van der Waals surface area contributed by atoms with E-state index in [1.54, 1.807) is 24.3 Å². The first kappa shape index (κ1) is 17.0. The lowest BCUT2D eigenvalue weighted by molar-refractivity contribution is 0.102. The van der Waals surface area contributed by atoms with Crippen LogP contribution in [0.4, 0.5) is 16.2 Å². The maximum Gasteiger partial charge on any atom is 0.414 e. The predicted molar refractivity (Wildman–Crippen MR) is 92.6 cm³/mol. The lowest BCUT2D eigenvalue weighted by Gasteiger charge is -2.17. The average molecular weight is 360 g/mol. The minimum atomic E-state index is -3.41. The fourth-order valence-electron chi connectivity index (χ4n) is 2.49. The SMILES string of the molecule is CS(=O)(=O)c1cccc(C(=O)Nc2ccccc2N2CCOC2=O)c1. The summed E-state index contributed by atoms with van der Waals surface area (Å²) < 4.78 is 28.2. The molecular weight excluding hydrogens is 344 g/mol. The Labute approximate surface area is 145 Å². The number of ether oxygens (including phenoxy) is 1. The Hall–Kier alpha value is -2.87. The first-order valence-corrected chi connectivity index (χ1v) is 9.40. The molecule has 0 aromatic heterocycles. The molecule has 0 atom stereocenters. The Morgan fingerprint density at radius 3 is 2.60 bits per heavy atom. The summed E-state index contributed by atoms with van der Waals surface area (Å²) >= 11 is 0. The largest absolute Gasteiger partial charge is 0.447 e. The molecule has 0 spiro atoms. The van der Waals surface area contributed by atoms with Crippen LogP contribution in [0.5, 0.6) is 0 Å². The minimum Gasteiger partial charge on any atom is -0.447 e. The van der Waals surface area contributed by atoms with Crippen LogP contribution in [0, 0.1) is 0 Å². The summed E-state index contributed by atoms with van der Waals surface area (Å²) in [5.41, 5.74) is 1.18. The Balaban J connectivity index is 1.88. The van der Waals surface area contributed by atoms with Gasteiger partial charge < -0.3 is 10.1 Å². The van der Waals surface area contributed by atoms with Crippen LogP contribution in [0.1, 0.15) is 10.4 Å². The number of carbonyl (C=O) groups excluding carboxylic acids is 2. The average Bonchev–Trinajstić information content (AvgIpc) is 3.00. The van der Waals surface area contributed by atoms with Crippen molar-refractivity contribution in [2.75, 3.05) is 29.6 Å². The van der Waals surface area contributed by atoms with Crippen molar-refractivity contribution in [2.24, 2.45) is 0 Å². The number of anilines is 2. The maximum absolute atomic E-state index is 12.5. The number of hydrogen-bond acceptors (Lipinski definition) is 5. The highest BCUT2D eigenvalue weighted by Crippen LogP contribution is 2.28. The van der Waals surface area contributed by atoms with Crippen molar-refractivity contribution in [2.45, 2.75) is 4.90 Å². The van der Waals surface area contributed by atoms with E-state index in [1.807, 2.05) is 0 Å². The minimum absolute atomic E-state index is 0.0663. The van der Waals surface area contributed by atoms with E-state index in [0.717, 1.165) is 6.26 Å². The van der Waals surface area contributed by atoms with Gasteiger partial charge in [-0.15, -0.1) is 0 Å². The van der Waals surface area contributed by atoms with Gasteiger partial charge in [0.2, 0.25) is 0 Å². The number of benzene rings is 2. The van der Waals surface area contributed by atoms with Gasteiger partial charge in [-0.05, 0) is 30.3 Å². The highest BCUT2D eigenvalue weighted by Gasteiger charge is 2.26. The van der Waals surface area contributed by atoms with E-state index in [0.29, 0.717) is 17.9 Å². The van der Waals surface area contributed by atoms with Crippen LogP contribution in [-0.4, -0.2) is 39.8 Å². The molecule has 1 heterocycles. The van der Waals surface area contributed by atoms with Crippen molar-refractivity contribution in [3.05, 3.63) is 54.1 Å². The number of nitrogens with zero attached hydrogens (tertiary/aromatic N) is 1. The van der Waals surface area contributed by atoms with Gasteiger partial charge in [-0.25, -0.2) is 13.2 Å². The molecule has 0 unspecified atom stereocenters. The summed E-state index contributed by atoms with van der Waals surface area (Å²) in [5, 5.41) is 2.72. The lowest BCUT2D eigenvalue weighted by Crippen LogP contribution is -2.25. The van der Waals surface area contributed by atoms with Gasteiger partial charge in [0.15, 0.2) is 9.84 Å². The molecule has 2 amide bonds. The number of cyclic esters (lactones) is 1. The number of amides is 2. The van der Waals surface area contributed by atoms with Crippen molar-refractivity contribution in [3.63, 3.8) is 0 Å². The molecule has 2 aromatic rings. The summed E-state index contributed by atoms with van der Waals surface area (Å²) in [7, 11) is -3.41. The molecule has 0 bridgehead atoms. The fourth-order valence-corrected chi connectivity index (χ4v) is 3.16. The molecular formula is C17H16N2O5S. The fraction of sp³-hybridized carbons (Fsp3) is 0.176. The van der Waals surface area contributed by atoms with Crippen LogP contribution in [0.25, 0.3) is 0 Å². The van der Waals surface area contributed by atoms with Crippen LogP contribution in [0.2, 0.25) is 0 Å². The van der Waals surface area contributed by atoms with Gasteiger partial charge in [0.05, 0.1) is 22.8 Å². The number of hydrogen-bond donors (Lipinski definition) is 1. The Morgan fingerprint density at radius 2 is 1.92 bits per heavy atom. The third-order valence-electron chi connectivity index (χ3n) is 3.73. The second-order valence-corrected chi connectivity index (χ2v) is 7.55. The number of sulfone groups is 1.